The molecular weight excluding hydrogens is 212 g/mol. The summed E-state index contributed by atoms with van der Waals surface area (Å²) in [5.74, 6) is 1.52. The highest BCUT2D eigenvalue weighted by Gasteiger charge is 2.37. The molecule has 94 valence electrons. The van der Waals surface area contributed by atoms with Gasteiger partial charge in [0, 0.05) is 0 Å². The summed E-state index contributed by atoms with van der Waals surface area (Å²) in [6, 6.07) is 8.44. The minimum absolute atomic E-state index is 0.488. The van der Waals surface area contributed by atoms with Crippen molar-refractivity contribution < 1.29 is 9.47 Å². The number of hydrogen-bond acceptors (Lipinski definition) is 2. The first-order chi connectivity index (χ1) is 8.24. The van der Waals surface area contributed by atoms with E-state index in [0.717, 1.165) is 25.2 Å². The summed E-state index contributed by atoms with van der Waals surface area (Å²) in [6.45, 7) is 7.19. The molecule has 3 atom stereocenters. The standard InChI is InChI=1S/C15H22O2/c1-4-14-15(17-14)10-11(3)12-6-8-13(9-7-12)16-5-2/h6-9,11,14-15H,4-5,10H2,1-3H3. The third kappa shape index (κ3) is 3.22. The van der Waals surface area contributed by atoms with Crippen LogP contribution in [-0.2, 0) is 4.74 Å². The van der Waals surface area contributed by atoms with E-state index in [0.29, 0.717) is 18.1 Å². The van der Waals surface area contributed by atoms with Crippen LogP contribution in [0.4, 0.5) is 0 Å². The summed E-state index contributed by atoms with van der Waals surface area (Å²) < 4.78 is 11.0. The molecular formula is C15H22O2. The first kappa shape index (κ1) is 12.4. The molecule has 0 bridgehead atoms. The predicted molar refractivity (Wildman–Crippen MR) is 69.6 cm³/mol. The fourth-order valence-electron chi connectivity index (χ4n) is 2.29. The largest absolute Gasteiger partial charge is 0.494 e. The van der Waals surface area contributed by atoms with Crippen molar-refractivity contribution in [3.8, 4) is 5.75 Å². The summed E-state index contributed by atoms with van der Waals surface area (Å²) >= 11 is 0. The zero-order valence-electron chi connectivity index (χ0n) is 11.0. The van der Waals surface area contributed by atoms with E-state index >= 15 is 0 Å². The molecule has 1 fully saturated rings. The predicted octanol–water partition coefficient (Wildman–Crippen LogP) is 3.76. The maximum atomic E-state index is 5.60. The van der Waals surface area contributed by atoms with E-state index in [1.807, 2.05) is 6.92 Å². The monoisotopic (exact) mass is 234 g/mol. The van der Waals surface area contributed by atoms with Crippen molar-refractivity contribution in [3.63, 3.8) is 0 Å². The average Bonchev–Trinajstić information content (AvgIpc) is 3.09. The van der Waals surface area contributed by atoms with Gasteiger partial charge in [-0.3, -0.25) is 0 Å². The fraction of sp³-hybridized carbons (Fsp3) is 0.600. The molecule has 1 aliphatic heterocycles. The van der Waals surface area contributed by atoms with Crippen LogP contribution in [0.2, 0.25) is 0 Å². The molecule has 1 aromatic carbocycles. The molecule has 0 radical (unpaired) electrons. The van der Waals surface area contributed by atoms with E-state index in [-0.39, 0.29) is 0 Å². The van der Waals surface area contributed by atoms with Crippen molar-refractivity contribution in [2.45, 2.75) is 51.7 Å². The lowest BCUT2D eigenvalue weighted by molar-refractivity contribution is 0.340. The summed E-state index contributed by atoms with van der Waals surface area (Å²) in [7, 11) is 0. The van der Waals surface area contributed by atoms with Crippen LogP contribution >= 0.6 is 0 Å². The van der Waals surface area contributed by atoms with Gasteiger partial charge < -0.3 is 9.47 Å². The van der Waals surface area contributed by atoms with E-state index in [4.69, 9.17) is 9.47 Å². The normalized spacial score (nSPS) is 24.4. The Balaban J connectivity index is 1.88. The lowest BCUT2D eigenvalue weighted by atomic mass is 9.95. The van der Waals surface area contributed by atoms with Crippen LogP contribution in [0.25, 0.3) is 0 Å². The Hall–Kier alpha value is -1.02. The molecule has 1 aromatic rings. The van der Waals surface area contributed by atoms with E-state index in [1.54, 1.807) is 0 Å². The van der Waals surface area contributed by atoms with Gasteiger partial charge in [-0.15, -0.1) is 0 Å². The molecule has 0 aliphatic carbocycles. The van der Waals surface area contributed by atoms with E-state index in [9.17, 15) is 0 Å². The van der Waals surface area contributed by atoms with Crippen LogP contribution in [0.1, 0.15) is 45.1 Å². The highest BCUT2D eigenvalue weighted by molar-refractivity contribution is 5.29. The van der Waals surface area contributed by atoms with Crippen LogP contribution in [0, 0.1) is 0 Å². The zero-order valence-corrected chi connectivity index (χ0v) is 11.0. The van der Waals surface area contributed by atoms with Crippen LogP contribution in [0.3, 0.4) is 0 Å². The number of hydrogen-bond donors (Lipinski definition) is 0. The average molecular weight is 234 g/mol. The maximum Gasteiger partial charge on any atom is 0.119 e. The van der Waals surface area contributed by atoms with Gasteiger partial charge >= 0.3 is 0 Å². The van der Waals surface area contributed by atoms with Crippen molar-refractivity contribution in [2.75, 3.05) is 6.61 Å². The van der Waals surface area contributed by atoms with E-state index in [1.165, 1.54) is 5.56 Å². The third-order valence-electron chi connectivity index (χ3n) is 3.44. The fourth-order valence-corrected chi connectivity index (χ4v) is 2.29. The van der Waals surface area contributed by atoms with Gasteiger partial charge in [0.1, 0.15) is 5.75 Å². The molecule has 0 saturated carbocycles. The van der Waals surface area contributed by atoms with Gasteiger partial charge in [-0.25, -0.2) is 0 Å². The van der Waals surface area contributed by atoms with Crippen LogP contribution < -0.4 is 4.74 Å². The quantitative estimate of drug-likeness (QED) is 0.699. The van der Waals surface area contributed by atoms with Gasteiger partial charge in [-0.2, -0.15) is 0 Å². The zero-order chi connectivity index (χ0) is 12.3. The SMILES string of the molecule is CCOc1ccc(C(C)CC2OC2CC)cc1. The molecule has 1 saturated heterocycles. The smallest absolute Gasteiger partial charge is 0.119 e. The summed E-state index contributed by atoms with van der Waals surface area (Å²) in [4.78, 5) is 0. The Labute approximate surface area is 104 Å². The third-order valence-corrected chi connectivity index (χ3v) is 3.44. The Morgan fingerprint density at radius 2 is 1.88 bits per heavy atom. The maximum absolute atomic E-state index is 5.60. The minimum atomic E-state index is 0.488. The van der Waals surface area contributed by atoms with Crippen molar-refractivity contribution in [3.05, 3.63) is 29.8 Å². The minimum Gasteiger partial charge on any atom is -0.494 e. The van der Waals surface area contributed by atoms with Gasteiger partial charge in [0.05, 0.1) is 18.8 Å². The van der Waals surface area contributed by atoms with Crippen molar-refractivity contribution >= 4 is 0 Å². The molecule has 1 aliphatic rings. The first-order valence-electron chi connectivity index (χ1n) is 6.62. The summed E-state index contributed by atoms with van der Waals surface area (Å²) in [5, 5.41) is 0. The van der Waals surface area contributed by atoms with Gasteiger partial charge in [0.2, 0.25) is 0 Å². The molecule has 2 rings (SSSR count). The van der Waals surface area contributed by atoms with Crippen LogP contribution in [0.5, 0.6) is 5.75 Å². The highest BCUT2D eigenvalue weighted by Crippen LogP contribution is 2.34. The second-order valence-electron chi connectivity index (χ2n) is 4.76. The highest BCUT2D eigenvalue weighted by atomic mass is 16.6. The Morgan fingerprint density at radius 3 is 2.41 bits per heavy atom. The van der Waals surface area contributed by atoms with E-state index in [2.05, 4.69) is 38.1 Å². The molecule has 17 heavy (non-hydrogen) atoms. The summed E-state index contributed by atoms with van der Waals surface area (Å²) in [6.07, 6.45) is 3.27. The molecule has 0 N–H and O–H groups in total. The first-order valence-corrected chi connectivity index (χ1v) is 6.62. The molecule has 0 spiro atoms. The van der Waals surface area contributed by atoms with E-state index < -0.39 is 0 Å². The molecule has 3 unspecified atom stereocenters. The second kappa shape index (κ2) is 5.54. The molecule has 2 heteroatoms. The number of ether oxygens (including phenoxy) is 2. The molecule has 0 amide bonds. The van der Waals surface area contributed by atoms with Crippen LogP contribution in [-0.4, -0.2) is 18.8 Å². The van der Waals surface area contributed by atoms with Gasteiger partial charge in [0.25, 0.3) is 0 Å². The van der Waals surface area contributed by atoms with Gasteiger partial charge in [0.15, 0.2) is 0 Å². The Bertz CT molecular complexity index is 344. The topological polar surface area (TPSA) is 21.8 Å². The molecule has 1 heterocycles. The van der Waals surface area contributed by atoms with Crippen molar-refractivity contribution in [2.24, 2.45) is 0 Å². The van der Waals surface area contributed by atoms with Gasteiger partial charge in [-0.05, 0) is 43.4 Å². The van der Waals surface area contributed by atoms with Crippen LogP contribution in [0.15, 0.2) is 24.3 Å². The Morgan fingerprint density at radius 1 is 1.18 bits per heavy atom. The summed E-state index contributed by atoms with van der Waals surface area (Å²) in [5.41, 5.74) is 1.37. The second-order valence-corrected chi connectivity index (χ2v) is 4.76. The molecule has 2 nitrogen and oxygen atoms in total. The number of epoxide rings is 1. The van der Waals surface area contributed by atoms with Crippen molar-refractivity contribution in [1.82, 2.24) is 0 Å². The number of benzene rings is 1. The van der Waals surface area contributed by atoms with Crippen molar-refractivity contribution in [1.29, 1.82) is 0 Å². The Kier molecular flexibility index (Phi) is 4.06. The number of rotatable bonds is 6. The molecule has 0 aromatic heterocycles. The lowest BCUT2D eigenvalue weighted by Gasteiger charge is -2.11. The lowest BCUT2D eigenvalue weighted by Crippen LogP contribution is -2.01. The van der Waals surface area contributed by atoms with Gasteiger partial charge in [-0.1, -0.05) is 26.0 Å².